The highest BCUT2D eigenvalue weighted by Crippen LogP contribution is 2.25. The first-order valence-corrected chi connectivity index (χ1v) is 8.08. The molecule has 2 aromatic carbocycles. The highest BCUT2D eigenvalue weighted by molar-refractivity contribution is 5.62. The van der Waals surface area contributed by atoms with Crippen molar-refractivity contribution in [1.82, 2.24) is 9.78 Å². The number of aromatic nitrogens is 2. The molecule has 4 nitrogen and oxygen atoms in total. The third-order valence-electron chi connectivity index (χ3n) is 3.82. The predicted molar refractivity (Wildman–Crippen MR) is 96.2 cm³/mol. The van der Waals surface area contributed by atoms with Crippen LogP contribution in [0.15, 0.2) is 61.2 Å². The van der Waals surface area contributed by atoms with E-state index in [9.17, 15) is 13.2 Å². The van der Waals surface area contributed by atoms with E-state index in [0.29, 0.717) is 11.4 Å². The Kier molecular flexibility index (Phi) is 5.21. The number of halogens is 3. The summed E-state index contributed by atoms with van der Waals surface area (Å²) in [6.07, 6.45) is -2.94. The second kappa shape index (κ2) is 7.57. The zero-order valence-electron chi connectivity index (χ0n) is 14.5. The lowest BCUT2D eigenvalue weighted by molar-refractivity contribution is -0.274. The summed E-state index contributed by atoms with van der Waals surface area (Å²) in [4.78, 5) is 0. The van der Waals surface area contributed by atoms with Gasteiger partial charge in [0.15, 0.2) is 0 Å². The first-order valence-electron chi connectivity index (χ1n) is 8.08. The van der Waals surface area contributed by atoms with Crippen molar-refractivity contribution < 1.29 is 22.6 Å². The number of hydrogen-bond donors (Lipinski definition) is 0. The Hall–Kier alpha value is -3.22. The molecule has 0 bridgehead atoms. The zero-order valence-corrected chi connectivity index (χ0v) is 14.5. The first kappa shape index (κ1) is 18.6. The van der Waals surface area contributed by atoms with Gasteiger partial charge in [-0.2, -0.15) is 5.10 Å². The fourth-order valence-corrected chi connectivity index (χ4v) is 2.46. The Balaban J connectivity index is 1.66. The van der Waals surface area contributed by atoms with E-state index in [-0.39, 0.29) is 12.4 Å². The number of nitrogens with zero attached hydrogens (tertiary/aromatic N) is 2. The molecule has 0 aliphatic carbocycles. The molecule has 3 aromatic rings. The minimum absolute atomic E-state index is 0.195. The topological polar surface area (TPSA) is 36.3 Å². The van der Waals surface area contributed by atoms with Gasteiger partial charge in [-0.15, -0.1) is 13.2 Å². The highest BCUT2D eigenvalue weighted by Gasteiger charge is 2.30. The van der Waals surface area contributed by atoms with Gasteiger partial charge < -0.3 is 9.47 Å². The summed E-state index contributed by atoms with van der Waals surface area (Å²) in [5.41, 5.74) is 3.43. The van der Waals surface area contributed by atoms with Gasteiger partial charge >= 0.3 is 6.36 Å². The van der Waals surface area contributed by atoms with Crippen LogP contribution in [0.5, 0.6) is 11.6 Å². The summed E-state index contributed by atoms with van der Waals surface area (Å²) >= 11 is 0. The molecule has 0 fully saturated rings. The maximum atomic E-state index is 12.2. The summed E-state index contributed by atoms with van der Waals surface area (Å²) < 4.78 is 47.7. The van der Waals surface area contributed by atoms with Crippen LogP contribution in [0.25, 0.3) is 17.3 Å². The van der Waals surface area contributed by atoms with Crippen LogP contribution in [-0.4, -0.2) is 16.1 Å². The van der Waals surface area contributed by atoms with Gasteiger partial charge in [0, 0.05) is 18.7 Å². The third-order valence-corrected chi connectivity index (χ3v) is 3.82. The van der Waals surface area contributed by atoms with E-state index in [1.54, 1.807) is 17.8 Å². The van der Waals surface area contributed by atoms with E-state index < -0.39 is 6.36 Å². The minimum atomic E-state index is -4.70. The van der Waals surface area contributed by atoms with Crippen LogP contribution in [0.1, 0.15) is 11.1 Å². The number of alkyl halides is 3. The van der Waals surface area contributed by atoms with Crippen molar-refractivity contribution in [1.29, 1.82) is 0 Å². The Morgan fingerprint density at radius 3 is 2.33 bits per heavy atom. The van der Waals surface area contributed by atoms with Crippen molar-refractivity contribution >= 4 is 6.08 Å². The van der Waals surface area contributed by atoms with Gasteiger partial charge in [-0.3, -0.25) is 0 Å². The van der Waals surface area contributed by atoms with Crippen molar-refractivity contribution in [3.8, 4) is 22.9 Å². The number of benzene rings is 2. The summed E-state index contributed by atoms with van der Waals surface area (Å²) in [5.74, 6) is 0.283. The molecule has 0 aliphatic heterocycles. The fourth-order valence-electron chi connectivity index (χ4n) is 2.46. The number of ether oxygens (including phenoxy) is 2. The van der Waals surface area contributed by atoms with Gasteiger partial charge in [0.1, 0.15) is 12.4 Å². The molecule has 7 heteroatoms. The minimum Gasteiger partial charge on any atom is -0.473 e. The molecule has 0 N–H and O–H groups in total. The summed E-state index contributed by atoms with van der Waals surface area (Å²) in [6, 6.07) is 15.1. The van der Waals surface area contributed by atoms with Gasteiger partial charge in [-0.25, -0.2) is 4.68 Å². The van der Waals surface area contributed by atoms with E-state index in [4.69, 9.17) is 4.74 Å². The SMILES string of the molecule is C=Cc1ccc(-c2cc(OCc3ccc(OC(F)(F)F)cc3)n(C)n2)cc1. The first-order chi connectivity index (χ1) is 12.8. The Morgan fingerprint density at radius 2 is 1.74 bits per heavy atom. The lowest BCUT2D eigenvalue weighted by Crippen LogP contribution is -2.17. The standard InChI is InChI=1S/C20H17F3N2O2/c1-3-14-4-8-16(9-5-14)18-12-19(25(2)24-18)26-13-15-6-10-17(11-7-15)27-20(21,22)23/h3-12H,1,13H2,2H3. The zero-order chi connectivity index (χ0) is 19.4. The molecule has 0 amide bonds. The van der Waals surface area contributed by atoms with Crippen LogP contribution in [0.3, 0.4) is 0 Å². The van der Waals surface area contributed by atoms with Crippen molar-refractivity contribution in [2.45, 2.75) is 13.0 Å². The van der Waals surface area contributed by atoms with Crippen molar-refractivity contribution in [2.75, 3.05) is 0 Å². The summed E-state index contributed by atoms with van der Waals surface area (Å²) in [7, 11) is 1.76. The lowest BCUT2D eigenvalue weighted by atomic mass is 10.1. The molecule has 0 saturated carbocycles. The van der Waals surface area contributed by atoms with Gasteiger partial charge in [0.25, 0.3) is 0 Å². The molecular formula is C20H17F3N2O2. The molecule has 27 heavy (non-hydrogen) atoms. The monoisotopic (exact) mass is 374 g/mol. The van der Waals surface area contributed by atoms with Gasteiger partial charge in [0.2, 0.25) is 5.88 Å². The number of aryl methyl sites for hydroxylation is 1. The molecule has 0 saturated heterocycles. The van der Waals surface area contributed by atoms with E-state index in [2.05, 4.69) is 16.4 Å². The molecule has 140 valence electrons. The smallest absolute Gasteiger partial charge is 0.473 e. The lowest BCUT2D eigenvalue weighted by Gasteiger charge is -2.10. The van der Waals surface area contributed by atoms with E-state index in [1.165, 1.54) is 24.3 Å². The predicted octanol–water partition coefficient (Wildman–Crippen LogP) is 5.21. The number of hydrogen-bond acceptors (Lipinski definition) is 3. The molecule has 0 aliphatic rings. The molecule has 0 unspecified atom stereocenters. The molecular weight excluding hydrogens is 357 g/mol. The highest BCUT2D eigenvalue weighted by atomic mass is 19.4. The molecule has 0 atom stereocenters. The average molecular weight is 374 g/mol. The second-order valence-electron chi connectivity index (χ2n) is 5.80. The summed E-state index contributed by atoms with van der Waals surface area (Å²) in [6.45, 7) is 3.92. The van der Waals surface area contributed by atoms with Crippen molar-refractivity contribution in [3.05, 3.63) is 72.3 Å². The maximum absolute atomic E-state index is 12.2. The number of rotatable bonds is 6. The fraction of sp³-hybridized carbons (Fsp3) is 0.150. The third kappa shape index (κ3) is 4.91. The molecule has 1 aromatic heterocycles. The van der Waals surface area contributed by atoms with Gasteiger partial charge in [-0.1, -0.05) is 49.1 Å². The van der Waals surface area contributed by atoms with E-state index in [0.717, 1.165) is 16.8 Å². The average Bonchev–Trinajstić information content (AvgIpc) is 3.01. The van der Waals surface area contributed by atoms with Crippen LogP contribution in [0, 0.1) is 0 Å². The molecule has 3 rings (SSSR count). The van der Waals surface area contributed by atoms with Crippen molar-refractivity contribution in [3.63, 3.8) is 0 Å². The van der Waals surface area contributed by atoms with Crippen LogP contribution >= 0.6 is 0 Å². The van der Waals surface area contributed by atoms with Crippen molar-refractivity contribution in [2.24, 2.45) is 7.05 Å². The van der Waals surface area contributed by atoms with Crippen LogP contribution in [0.4, 0.5) is 13.2 Å². The molecule has 0 radical (unpaired) electrons. The Labute approximate surface area is 154 Å². The van der Waals surface area contributed by atoms with E-state index >= 15 is 0 Å². The summed E-state index contributed by atoms with van der Waals surface area (Å²) in [5, 5.41) is 4.42. The Bertz CT molecular complexity index is 914. The molecule has 1 heterocycles. The second-order valence-corrected chi connectivity index (χ2v) is 5.80. The van der Waals surface area contributed by atoms with Gasteiger partial charge in [0.05, 0.1) is 5.69 Å². The quantitative estimate of drug-likeness (QED) is 0.594. The molecule has 0 spiro atoms. The Morgan fingerprint density at radius 1 is 1.07 bits per heavy atom. The van der Waals surface area contributed by atoms with Crippen LogP contribution in [0.2, 0.25) is 0 Å². The normalized spacial score (nSPS) is 11.3. The van der Waals surface area contributed by atoms with Gasteiger partial charge in [-0.05, 0) is 23.3 Å². The largest absolute Gasteiger partial charge is 0.573 e. The van der Waals surface area contributed by atoms with Crippen LogP contribution < -0.4 is 9.47 Å². The van der Waals surface area contributed by atoms with Crippen LogP contribution in [-0.2, 0) is 13.7 Å². The maximum Gasteiger partial charge on any atom is 0.573 e. The van der Waals surface area contributed by atoms with E-state index in [1.807, 2.05) is 30.3 Å².